The zero-order chi connectivity index (χ0) is 14.5. The molecule has 1 aromatic rings. The number of nitrogens with zero attached hydrogens (tertiary/aromatic N) is 2. The molecule has 2 heterocycles. The van der Waals surface area contributed by atoms with Gasteiger partial charge in [-0.05, 0) is 44.2 Å². The van der Waals surface area contributed by atoms with Crippen molar-refractivity contribution in [3.63, 3.8) is 0 Å². The second-order valence-corrected chi connectivity index (χ2v) is 6.26. The van der Waals surface area contributed by atoms with Crippen LogP contribution in [0.1, 0.15) is 61.9 Å². The van der Waals surface area contributed by atoms with Crippen molar-refractivity contribution in [3.05, 3.63) is 24.0 Å². The lowest BCUT2D eigenvalue weighted by Gasteiger charge is -2.27. The van der Waals surface area contributed by atoms with E-state index in [2.05, 4.69) is 10.3 Å². The molecule has 1 aliphatic carbocycles. The molecule has 0 aromatic carbocycles. The molecule has 0 spiro atoms. The maximum atomic E-state index is 12.5. The number of anilines is 1. The number of nitrogens with one attached hydrogen (secondary N) is 1. The molecule has 1 aromatic heterocycles. The smallest absolute Gasteiger partial charge is 0.272 e. The number of carbonyl (C=O) groups is 1. The minimum atomic E-state index is 0.0852. The summed E-state index contributed by atoms with van der Waals surface area (Å²) in [5.74, 6) is 0.0852. The lowest BCUT2D eigenvalue weighted by Crippen LogP contribution is -2.36. The SMILES string of the molecule is O=C(c1cc(NC2CCCCC2)ccn1)N1CCCCC1. The summed E-state index contributed by atoms with van der Waals surface area (Å²) in [5, 5.41) is 3.57. The van der Waals surface area contributed by atoms with E-state index in [4.69, 9.17) is 0 Å². The summed E-state index contributed by atoms with van der Waals surface area (Å²) in [6.45, 7) is 1.75. The highest BCUT2D eigenvalue weighted by Gasteiger charge is 2.20. The van der Waals surface area contributed by atoms with E-state index in [1.54, 1.807) is 6.20 Å². The Balaban J connectivity index is 1.65. The van der Waals surface area contributed by atoms with Crippen LogP contribution in [-0.4, -0.2) is 34.9 Å². The van der Waals surface area contributed by atoms with Crippen molar-refractivity contribution >= 4 is 11.6 Å². The molecule has 0 radical (unpaired) electrons. The number of hydrogen-bond donors (Lipinski definition) is 1. The van der Waals surface area contributed by atoms with E-state index >= 15 is 0 Å². The van der Waals surface area contributed by atoms with Crippen LogP contribution in [0.3, 0.4) is 0 Å². The number of likely N-dealkylation sites (tertiary alicyclic amines) is 1. The van der Waals surface area contributed by atoms with Crippen LogP contribution in [0.15, 0.2) is 18.3 Å². The minimum absolute atomic E-state index is 0.0852. The molecule has 0 atom stereocenters. The summed E-state index contributed by atoms with van der Waals surface area (Å²) in [6, 6.07) is 4.45. The highest BCUT2D eigenvalue weighted by Crippen LogP contribution is 2.22. The van der Waals surface area contributed by atoms with Gasteiger partial charge in [0, 0.05) is 31.0 Å². The van der Waals surface area contributed by atoms with Gasteiger partial charge >= 0.3 is 0 Å². The maximum Gasteiger partial charge on any atom is 0.272 e. The van der Waals surface area contributed by atoms with Crippen LogP contribution in [0.5, 0.6) is 0 Å². The molecule has 21 heavy (non-hydrogen) atoms. The van der Waals surface area contributed by atoms with Gasteiger partial charge in [0.2, 0.25) is 0 Å². The normalized spacial score (nSPS) is 20.3. The van der Waals surface area contributed by atoms with Gasteiger partial charge in [-0.2, -0.15) is 0 Å². The predicted octanol–water partition coefficient (Wildman–Crippen LogP) is 3.45. The molecule has 1 amide bonds. The van der Waals surface area contributed by atoms with E-state index in [1.807, 2.05) is 17.0 Å². The third kappa shape index (κ3) is 3.74. The number of pyridine rings is 1. The molecule has 0 bridgehead atoms. The number of rotatable bonds is 3. The molecule has 4 heteroatoms. The van der Waals surface area contributed by atoms with E-state index in [0.717, 1.165) is 31.6 Å². The van der Waals surface area contributed by atoms with Gasteiger partial charge < -0.3 is 10.2 Å². The molecule has 1 N–H and O–H groups in total. The summed E-state index contributed by atoms with van der Waals surface area (Å²) < 4.78 is 0. The molecule has 2 fully saturated rings. The third-order valence-corrected chi connectivity index (χ3v) is 4.60. The van der Waals surface area contributed by atoms with Gasteiger partial charge in [-0.25, -0.2) is 0 Å². The number of piperidine rings is 1. The van der Waals surface area contributed by atoms with Crippen molar-refractivity contribution in [1.29, 1.82) is 0 Å². The lowest BCUT2D eigenvalue weighted by atomic mass is 9.95. The van der Waals surface area contributed by atoms with Crippen molar-refractivity contribution in [1.82, 2.24) is 9.88 Å². The van der Waals surface area contributed by atoms with Crippen molar-refractivity contribution in [2.45, 2.75) is 57.4 Å². The summed E-state index contributed by atoms with van der Waals surface area (Å²) in [6.07, 6.45) is 11.7. The Morgan fingerprint density at radius 2 is 1.81 bits per heavy atom. The summed E-state index contributed by atoms with van der Waals surface area (Å²) in [5.41, 5.74) is 1.62. The minimum Gasteiger partial charge on any atom is -0.382 e. The average Bonchev–Trinajstić information content (AvgIpc) is 2.56. The fourth-order valence-electron chi connectivity index (χ4n) is 3.38. The first kappa shape index (κ1) is 14.4. The standard InChI is InChI=1S/C17H25N3O/c21-17(20-11-5-2-6-12-20)16-13-15(9-10-18-16)19-14-7-3-1-4-8-14/h9-10,13-14H,1-8,11-12H2,(H,18,19). The largest absolute Gasteiger partial charge is 0.382 e. The van der Waals surface area contributed by atoms with Crippen LogP contribution in [-0.2, 0) is 0 Å². The van der Waals surface area contributed by atoms with E-state index in [9.17, 15) is 4.79 Å². The Morgan fingerprint density at radius 1 is 1.10 bits per heavy atom. The second-order valence-electron chi connectivity index (χ2n) is 6.26. The lowest BCUT2D eigenvalue weighted by molar-refractivity contribution is 0.0718. The molecular weight excluding hydrogens is 262 g/mol. The molecular formula is C17H25N3O. The highest BCUT2D eigenvalue weighted by atomic mass is 16.2. The van der Waals surface area contributed by atoms with Gasteiger partial charge in [0.1, 0.15) is 5.69 Å². The van der Waals surface area contributed by atoms with Gasteiger partial charge in [0.05, 0.1) is 0 Å². The molecule has 114 valence electrons. The van der Waals surface area contributed by atoms with Gasteiger partial charge in [0.25, 0.3) is 5.91 Å². The van der Waals surface area contributed by atoms with Crippen LogP contribution in [0.25, 0.3) is 0 Å². The average molecular weight is 287 g/mol. The zero-order valence-electron chi connectivity index (χ0n) is 12.7. The summed E-state index contributed by atoms with van der Waals surface area (Å²) >= 11 is 0. The van der Waals surface area contributed by atoms with E-state index in [-0.39, 0.29) is 5.91 Å². The first-order valence-electron chi connectivity index (χ1n) is 8.35. The van der Waals surface area contributed by atoms with Crippen LogP contribution in [0, 0.1) is 0 Å². The van der Waals surface area contributed by atoms with Gasteiger partial charge in [-0.1, -0.05) is 19.3 Å². The van der Waals surface area contributed by atoms with Gasteiger partial charge in [-0.15, -0.1) is 0 Å². The number of aromatic nitrogens is 1. The molecule has 1 saturated heterocycles. The Morgan fingerprint density at radius 3 is 2.57 bits per heavy atom. The van der Waals surface area contributed by atoms with E-state index in [0.29, 0.717) is 11.7 Å². The molecule has 3 rings (SSSR count). The number of amides is 1. The topological polar surface area (TPSA) is 45.2 Å². The first-order chi connectivity index (χ1) is 10.3. The monoisotopic (exact) mass is 287 g/mol. The van der Waals surface area contributed by atoms with Crippen LogP contribution >= 0.6 is 0 Å². The summed E-state index contributed by atoms with van der Waals surface area (Å²) in [4.78, 5) is 18.7. The van der Waals surface area contributed by atoms with E-state index in [1.165, 1.54) is 38.5 Å². The fourth-order valence-corrected chi connectivity index (χ4v) is 3.38. The highest BCUT2D eigenvalue weighted by molar-refractivity contribution is 5.93. The van der Waals surface area contributed by atoms with E-state index < -0.39 is 0 Å². The van der Waals surface area contributed by atoms with Crippen LogP contribution in [0.2, 0.25) is 0 Å². The zero-order valence-corrected chi connectivity index (χ0v) is 12.7. The van der Waals surface area contributed by atoms with Crippen molar-refractivity contribution in [2.24, 2.45) is 0 Å². The number of hydrogen-bond acceptors (Lipinski definition) is 3. The quantitative estimate of drug-likeness (QED) is 0.926. The van der Waals surface area contributed by atoms with Gasteiger partial charge in [-0.3, -0.25) is 9.78 Å². The Bertz CT molecular complexity index is 477. The maximum absolute atomic E-state index is 12.5. The van der Waals surface area contributed by atoms with Crippen LogP contribution < -0.4 is 5.32 Å². The van der Waals surface area contributed by atoms with Crippen molar-refractivity contribution in [2.75, 3.05) is 18.4 Å². The fraction of sp³-hybridized carbons (Fsp3) is 0.647. The molecule has 1 aliphatic heterocycles. The molecule has 1 saturated carbocycles. The van der Waals surface area contributed by atoms with Crippen molar-refractivity contribution < 1.29 is 4.79 Å². The molecule has 4 nitrogen and oxygen atoms in total. The number of carbonyl (C=O) groups excluding carboxylic acids is 1. The second kappa shape index (κ2) is 6.92. The Hall–Kier alpha value is -1.58. The van der Waals surface area contributed by atoms with Crippen molar-refractivity contribution in [3.8, 4) is 0 Å². The Labute approximate surface area is 126 Å². The summed E-state index contributed by atoms with van der Waals surface area (Å²) in [7, 11) is 0. The first-order valence-corrected chi connectivity index (χ1v) is 8.35. The van der Waals surface area contributed by atoms with Gasteiger partial charge in [0.15, 0.2) is 0 Å². The Kier molecular flexibility index (Phi) is 4.73. The van der Waals surface area contributed by atoms with Crippen LogP contribution in [0.4, 0.5) is 5.69 Å². The molecule has 0 unspecified atom stereocenters. The predicted molar refractivity (Wildman–Crippen MR) is 84.5 cm³/mol. The third-order valence-electron chi connectivity index (χ3n) is 4.60. The molecule has 2 aliphatic rings.